The van der Waals surface area contributed by atoms with Crippen molar-refractivity contribution in [2.75, 3.05) is 13.5 Å². The molecule has 0 spiro atoms. The topological polar surface area (TPSA) is 3.24 Å². The molecule has 10 heavy (non-hydrogen) atoms. The van der Waals surface area contributed by atoms with Crippen molar-refractivity contribution in [3.8, 4) is 0 Å². The summed E-state index contributed by atoms with van der Waals surface area (Å²) in [4.78, 5) is 1.69. The van der Waals surface area contributed by atoms with Crippen LogP contribution in [-0.2, 0) is 0 Å². The van der Waals surface area contributed by atoms with E-state index in [0.29, 0.717) is 5.92 Å². The highest BCUT2D eigenvalue weighted by Crippen LogP contribution is 2.20. The zero-order valence-electron chi connectivity index (χ0n) is 9.93. The minimum atomic E-state index is -1.88. The maximum atomic E-state index is 7.36. The summed E-state index contributed by atoms with van der Waals surface area (Å²) in [5.41, 5.74) is 0. The van der Waals surface area contributed by atoms with Crippen LogP contribution in [-0.4, -0.2) is 24.5 Å². The number of nitrogens with zero attached hydrogens (tertiary/aromatic N) is 1. The minimum Gasteiger partial charge on any atom is -0.303 e. The van der Waals surface area contributed by atoms with Crippen molar-refractivity contribution in [3.63, 3.8) is 0 Å². The van der Waals surface area contributed by atoms with Crippen LogP contribution in [0.2, 0.25) is 0 Å². The first kappa shape index (κ1) is 4.76. The van der Waals surface area contributed by atoms with Crippen molar-refractivity contribution in [1.82, 2.24) is 4.90 Å². The highest BCUT2D eigenvalue weighted by atomic mass is 15.1. The third kappa shape index (κ3) is 1.98. The van der Waals surface area contributed by atoms with Gasteiger partial charge < -0.3 is 4.90 Å². The van der Waals surface area contributed by atoms with Gasteiger partial charge in [-0.2, -0.15) is 0 Å². The molecule has 1 heterocycles. The standard InChI is InChI=1S/C9H19N/c1-8(2)7-9-5-4-6-10(9)3/h8-9H,4-7H2,1-3H3/t9-/m0/s1/i3D3. The van der Waals surface area contributed by atoms with Crippen LogP contribution in [0.1, 0.15) is 37.2 Å². The van der Waals surface area contributed by atoms with Crippen molar-refractivity contribution < 1.29 is 4.11 Å². The molecule has 0 aliphatic carbocycles. The molecule has 1 nitrogen and oxygen atoms in total. The third-order valence-electron chi connectivity index (χ3n) is 2.12. The summed E-state index contributed by atoms with van der Waals surface area (Å²) in [6, 6.07) is 0.285. The van der Waals surface area contributed by atoms with Crippen molar-refractivity contribution >= 4 is 0 Å². The van der Waals surface area contributed by atoms with E-state index in [9.17, 15) is 0 Å². The molecule has 1 atom stereocenters. The van der Waals surface area contributed by atoms with Crippen molar-refractivity contribution in [3.05, 3.63) is 0 Å². The first-order valence-corrected chi connectivity index (χ1v) is 4.18. The molecular weight excluding hydrogens is 122 g/mol. The Hall–Kier alpha value is -0.0400. The van der Waals surface area contributed by atoms with Gasteiger partial charge in [-0.15, -0.1) is 0 Å². The van der Waals surface area contributed by atoms with Crippen LogP contribution in [0, 0.1) is 5.92 Å². The molecule has 1 aliphatic heterocycles. The molecule has 0 saturated carbocycles. The van der Waals surface area contributed by atoms with Gasteiger partial charge in [-0.25, -0.2) is 0 Å². The lowest BCUT2D eigenvalue weighted by Crippen LogP contribution is -2.25. The highest BCUT2D eigenvalue weighted by Gasteiger charge is 2.20. The first-order chi connectivity index (χ1) is 5.91. The number of rotatable bonds is 2. The predicted octanol–water partition coefficient (Wildman–Crippen LogP) is 2.13. The Morgan fingerprint density at radius 2 is 2.50 bits per heavy atom. The van der Waals surface area contributed by atoms with Crippen LogP contribution in [0.3, 0.4) is 0 Å². The number of hydrogen-bond acceptors (Lipinski definition) is 1. The molecule has 0 aromatic heterocycles. The van der Waals surface area contributed by atoms with E-state index in [-0.39, 0.29) is 6.04 Å². The van der Waals surface area contributed by atoms with E-state index < -0.39 is 6.98 Å². The molecule has 1 rings (SSSR count). The Balaban J connectivity index is 2.54. The van der Waals surface area contributed by atoms with Gasteiger partial charge in [-0.05, 0) is 38.7 Å². The summed E-state index contributed by atoms with van der Waals surface area (Å²) in [5, 5.41) is 0. The normalized spacial score (nSPS) is 33.9. The van der Waals surface area contributed by atoms with Gasteiger partial charge in [0, 0.05) is 10.2 Å². The van der Waals surface area contributed by atoms with Crippen molar-refractivity contribution in [2.45, 2.75) is 39.2 Å². The molecule has 60 valence electrons. The highest BCUT2D eigenvalue weighted by molar-refractivity contribution is 4.76. The molecule has 1 aliphatic rings. The predicted molar refractivity (Wildman–Crippen MR) is 45.1 cm³/mol. The average Bonchev–Trinajstić information content (AvgIpc) is 2.31. The summed E-state index contributed by atoms with van der Waals surface area (Å²) in [6.07, 6.45) is 3.10. The second kappa shape index (κ2) is 3.38. The fraction of sp³-hybridized carbons (Fsp3) is 1.00. The second-order valence-electron chi connectivity index (χ2n) is 3.62. The van der Waals surface area contributed by atoms with Crippen LogP contribution in [0.5, 0.6) is 0 Å². The lowest BCUT2D eigenvalue weighted by molar-refractivity contribution is 0.272. The Labute approximate surface area is 68.6 Å². The number of hydrogen-bond donors (Lipinski definition) is 0. The number of likely N-dealkylation sites (tertiary alicyclic amines) is 1. The van der Waals surface area contributed by atoms with Crippen molar-refractivity contribution in [1.29, 1.82) is 0 Å². The molecule has 1 heteroatoms. The Morgan fingerprint density at radius 1 is 1.70 bits per heavy atom. The lowest BCUT2D eigenvalue weighted by atomic mass is 10.0. The SMILES string of the molecule is [2H]C([2H])([2H])N1CCC[C@H]1CC(C)C. The summed E-state index contributed by atoms with van der Waals surface area (Å²) in [6.45, 7) is 3.16. The molecule has 0 aromatic carbocycles. The van der Waals surface area contributed by atoms with Gasteiger partial charge in [-0.3, -0.25) is 0 Å². The quantitative estimate of drug-likeness (QED) is 0.574. The molecule has 1 saturated heterocycles. The van der Waals surface area contributed by atoms with E-state index in [4.69, 9.17) is 4.11 Å². The van der Waals surface area contributed by atoms with Gasteiger partial charge in [0.15, 0.2) is 0 Å². The van der Waals surface area contributed by atoms with E-state index in [2.05, 4.69) is 13.8 Å². The van der Waals surface area contributed by atoms with Crippen molar-refractivity contribution in [2.24, 2.45) is 5.92 Å². The van der Waals surface area contributed by atoms with E-state index in [0.717, 1.165) is 25.8 Å². The Bertz CT molecular complexity index is 165. The summed E-state index contributed by atoms with van der Waals surface area (Å²) in [5.74, 6) is 0.591. The smallest absolute Gasteiger partial charge is 0.0394 e. The third-order valence-corrected chi connectivity index (χ3v) is 2.12. The largest absolute Gasteiger partial charge is 0.303 e. The summed E-state index contributed by atoms with van der Waals surface area (Å²) < 4.78 is 22.1. The molecule has 0 amide bonds. The summed E-state index contributed by atoms with van der Waals surface area (Å²) >= 11 is 0. The minimum absolute atomic E-state index is 0.285. The molecular formula is C9H19N. The van der Waals surface area contributed by atoms with Crippen LogP contribution < -0.4 is 0 Å². The van der Waals surface area contributed by atoms with Crippen LogP contribution in [0.15, 0.2) is 0 Å². The Kier molecular flexibility index (Phi) is 1.61. The fourth-order valence-electron chi connectivity index (χ4n) is 1.62. The molecule has 0 aromatic rings. The molecule has 0 unspecified atom stereocenters. The maximum absolute atomic E-state index is 7.36. The maximum Gasteiger partial charge on any atom is 0.0394 e. The van der Waals surface area contributed by atoms with Gasteiger partial charge in [0.05, 0.1) is 0 Å². The fourth-order valence-corrected chi connectivity index (χ4v) is 1.62. The van der Waals surface area contributed by atoms with Gasteiger partial charge in [-0.1, -0.05) is 13.8 Å². The monoisotopic (exact) mass is 144 g/mol. The van der Waals surface area contributed by atoms with Gasteiger partial charge >= 0.3 is 0 Å². The molecule has 1 fully saturated rings. The van der Waals surface area contributed by atoms with Crippen LogP contribution in [0.4, 0.5) is 0 Å². The van der Waals surface area contributed by atoms with E-state index in [1.165, 1.54) is 0 Å². The van der Waals surface area contributed by atoms with E-state index >= 15 is 0 Å². The zero-order valence-corrected chi connectivity index (χ0v) is 6.93. The van der Waals surface area contributed by atoms with E-state index in [1.54, 1.807) is 4.90 Å². The average molecular weight is 144 g/mol. The van der Waals surface area contributed by atoms with Crippen LogP contribution in [0.25, 0.3) is 0 Å². The molecule has 0 N–H and O–H groups in total. The summed E-state index contributed by atoms with van der Waals surface area (Å²) in [7, 11) is 0. The molecule has 0 bridgehead atoms. The van der Waals surface area contributed by atoms with E-state index in [1.807, 2.05) is 0 Å². The lowest BCUT2D eigenvalue weighted by Gasteiger charge is -2.20. The first-order valence-electron chi connectivity index (χ1n) is 5.68. The Morgan fingerprint density at radius 3 is 3.10 bits per heavy atom. The zero-order chi connectivity index (χ0) is 10.1. The second-order valence-corrected chi connectivity index (χ2v) is 3.62. The van der Waals surface area contributed by atoms with Gasteiger partial charge in [0.2, 0.25) is 0 Å². The molecule has 0 radical (unpaired) electrons. The van der Waals surface area contributed by atoms with Crippen LogP contribution >= 0.6 is 0 Å². The van der Waals surface area contributed by atoms with Gasteiger partial charge in [0.1, 0.15) is 0 Å². The van der Waals surface area contributed by atoms with Gasteiger partial charge in [0.25, 0.3) is 0 Å².